The molecule has 1 heterocycles. The molecule has 2 aromatic carbocycles. The molecule has 0 radical (unpaired) electrons. The van der Waals surface area contributed by atoms with Crippen molar-refractivity contribution >= 4 is 15.4 Å². The Bertz CT molecular complexity index is 775. The van der Waals surface area contributed by atoms with Gasteiger partial charge in [-0.1, -0.05) is 30.3 Å². The molecule has 0 aliphatic carbocycles. The minimum atomic E-state index is -3.32. The quantitative estimate of drug-likeness (QED) is 0.870. The smallest absolute Gasteiger partial charge is 0.200 e. The summed E-state index contributed by atoms with van der Waals surface area (Å²) in [7, 11) is -3.32. The third kappa shape index (κ3) is 2.34. The van der Waals surface area contributed by atoms with Gasteiger partial charge in [0.05, 0.1) is 4.90 Å². The molecule has 0 bridgehead atoms. The van der Waals surface area contributed by atoms with Crippen molar-refractivity contribution in [1.29, 1.82) is 0 Å². The second-order valence-electron chi connectivity index (χ2n) is 4.79. The van der Waals surface area contributed by atoms with Gasteiger partial charge >= 0.3 is 0 Å². The number of hydrogen-bond acceptors (Lipinski definition) is 3. The number of para-hydroxylation sites is 1. The molecule has 0 saturated heterocycles. The van der Waals surface area contributed by atoms with Gasteiger partial charge in [0.25, 0.3) is 0 Å². The molecule has 4 heteroatoms. The van der Waals surface area contributed by atoms with Crippen LogP contribution in [0, 0.1) is 6.92 Å². The summed E-state index contributed by atoms with van der Waals surface area (Å²) in [6, 6.07) is 14.8. The van der Waals surface area contributed by atoms with Crippen molar-refractivity contribution in [3.63, 3.8) is 0 Å². The van der Waals surface area contributed by atoms with Crippen molar-refractivity contribution < 1.29 is 13.2 Å². The molecule has 0 amide bonds. The second-order valence-corrected chi connectivity index (χ2v) is 6.55. The lowest BCUT2D eigenvalue weighted by Crippen LogP contribution is -1.99. The number of rotatable bonds is 3. The van der Waals surface area contributed by atoms with Crippen LogP contribution < -0.4 is 4.74 Å². The second kappa shape index (κ2) is 4.80. The van der Waals surface area contributed by atoms with Crippen LogP contribution in [0.25, 0.3) is 5.57 Å². The third-order valence-corrected chi connectivity index (χ3v) is 4.77. The molecule has 3 nitrogen and oxygen atoms in total. The SMILES string of the molecule is Cc1ccc2c(c1)S(=O)(=O)C=C2COc1ccccc1. The van der Waals surface area contributed by atoms with Crippen LogP contribution in [0.3, 0.4) is 0 Å². The topological polar surface area (TPSA) is 43.4 Å². The van der Waals surface area contributed by atoms with Crippen LogP contribution in [0.5, 0.6) is 5.75 Å². The van der Waals surface area contributed by atoms with Gasteiger partial charge in [-0.15, -0.1) is 0 Å². The fourth-order valence-electron chi connectivity index (χ4n) is 2.23. The van der Waals surface area contributed by atoms with Crippen LogP contribution >= 0.6 is 0 Å². The molecule has 0 unspecified atom stereocenters. The van der Waals surface area contributed by atoms with Crippen molar-refractivity contribution in [3.05, 3.63) is 65.1 Å². The number of benzene rings is 2. The standard InChI is InChI=1S/C16H14O3S/c1-12-7-8-15-13(11-20(17,18)16(15)9-12)10-19-14-5-3-2-4-6-14/h2-9,11H,10H2,1H3. The maximum absolute atomic E-state index is 12.1. The minimum Gasteiger partial charge on any atom is -0.489 e. The van der Waals surface area contributed by atoms with E-state index in [2.05, 4.69) is 0 Å². The Hall–Kier alpha value is -2.07. The molecule has 0 N–H and O–H groups in total. The fraction of sp³-hybridized carbons (Fsp3) is 0.125. The van der Waals surface area contributed by atoms with Gasteiger partial charge in [-0.2, -0.15) is 0 Å². The van der Waals surface area contributed by atoms with E-state index in [4.69, 9.17) is 4.74 Å². The van der Waals surface area contributed by atoms with Crippen molar-refractivity contribution in [2.45, 2.75) is 11.8 Å². The van der Waals surface area contributed by atoms with E-state index in [1.807, 2.05) is 49.4 Å². The van der Waals surface area contributed by atoms with E-state index < -0.39 is 9.84 Å². The molecule has 0 spiro atoms. The van der Waals surface area contributed by atoms with E-state index in [0.717, 1.165) is 16.9 Å². The van der Waals surface area contributed by atoms with Crippen molar-refractivity contribution in [2.24, 2.45) is 0 Å². The predicted octanol–water partition coefficient (Wildman–Crippen LogP) is 3.20. The van der Waals surface area contributed by atoms with Gasteiger partial charge in [-0.3, -0.25) is 0 Å². The Kier molecular flexibility index (Phi) is 3.10. The molecule has 1 aliphatic rings. The number of sulfone groups is 1. The largest absolute Gasteiger partial charge is 0.489 e. The van der Waals surface area contributed by atoms with Crippen molar-refractivity contribution in [1.82, 2.24) is 0 Å². The van der Waals surface area contributed by atoms with Crippen LogP contribution in [-0.2, 0) is 9.84 Å². The van der Waals surface area contributed by atoms with Crippen LogP contribution in [0.2, 0.25) is 0 Å². The summed E-state index contributed by atoms with van der Waals surface area (Å²) in [5.41, 5.74) is 2.38. The zero-order chi connectivity index (χ0) is 14.2. The fourth-order valence-corrected chi connectivity index (χ4v) is 3.79. The highest BCUT2D eigenvalue weighted by Crippen LogP contribution is 2.34. The van der Waals surface area contributed by atoms with Crippen molar-refractivity contribution in [3.8, 4) is 5.75 Å². The Morgan fingerprint density at radius 1 is 1.05 bits per heavy atom. The maximum Gasteiger partial charge on any atom is 0.200 e. The third-order valence-electron chi connectivity index (χ3n) is 3.22. The zero-order valence-corrected chi connectivity index (χ0v) is 11.9. The Balaban J connectivity index is 1.89. The van der Waals surface area contributed by atoms with Crippen molar-refractivity contribution in [2.75, 3.05) is 6.61 Å². The van der Waals surface area contributed by atoms with Gasteiger partial charge in [-0.25, -0.2) is 8.42 Å². The number of ether oxygens (including phenoxy) is 1. The highest BCUT2D eigenvalue weighted by molar-refractivity contribution is 7.95. The summed E-state index contributed by atoms with van der Waals surface area (Å²) >= 11 is 0. The lowest BCUT2D eigenvalue weighted by atomic mass is 10.1. The van der Waals surface area contributed by atoms with Crippen LogP contribution in [0.4, 0.5) is 0 Å². The first kappa shape index (κ1) is 12.9. The molecule has 0 fully saturated rings. The molecule has 0 atom stereocenters. The van der Waals surface area contributed by atoms with Gasteiger partial charge in [0, 0.05) is 16.5 Å². The molecule has 102 valence electrons. The first-order valence-electron chi connectivity index (χ1n) is 6.31. The van der Waals surface area contributed by atoms with Gasteiger partial charge in [0.2, 0.25) is 9.84 Å². The van der Waals surface area contributed by atoms with Gasteiger partial charge in [-0.05, 0) is 30.7 Å². The van der Waals surface area contributed by atoms with Crippen LogP contribution in [0.15, 0.2) is 58.8 Å². The molecule has 0 aromatic heterocycles. The summed E-state index contributed by atoms with van der Waals surface area (Å²) in [6.45, 7) is 2.13. The van der Waals surface area contributed by atoms with Gasteiger partial charge < -0.3 is 4.74 Å². The van der Waals surface area contributed by atoms with E-state index in [1.165, 1.54) is 5.41 Å². The van der Waals surface area contributed by atoms with Crippen LogP contribution in [0.1, 0.15) is 11.1 Å². The molecule has 3 rings (SSSR count). The first-order chi connectivity index (χ1) is 9.56. The molecule has 1 aliphatic heterocycles. The molecular weight excluding hydrogens is 272 g/mol. The van der Waals surface area contributed by atoms with E-state index in [1.54, 1.807) is 6.07 Å². The lowest BCUT2D eigenvalue weighted by molar-refractivity contribution is 0.370. The molecule has 0 saturated carbocycles. The maximum atomic E-state index is 12.1. The summed E-state index contributed by atoms with van der Waals surface area (Å²) < 4.78 is 29.8. The summed E-state index contributed by atoms with van der Waals surface area (Å²) in [6.07, 6.45) is 0. The van der Waals surface area contributed by atoms with Gasteiger partial charge in [0.15, 0.2) is 0 Å². The Morgan fingerprint density at radius 2 is 1.80 bits per heavy atom. The Labute approximate surface area is 118 Å². The zero-order valence-electron chi connectivity index (χ0n) is 11.0. The summed E-state index contributed by atoms with van der Waals surface area (Å²) in [5.74, 6) is 0.728. The number of fused-ring (bicyclic) bond motifs is 1. The average Bonchev–Trinajstić information content (AvgIpc) is 2.69. The number of hydrogen-bond donors (Lipinski definition) is 0. The highest BCUT2D eigenvalue weighted by atomic mass is 32.2. The predicted molar refractivity (Wildman–Crippen MR) is 78.3 cm³/mol. The molecule has 2 aromatic rings. The summed E-state index contributed by atoms with van der Waals surface area (Å²) in [4.78, 5) is 0.379. The first-order valence-corrected chi connectivity index (χ1v) is 7.85. The monoisotopic (exact) mass is 286 g/mol. The van der Waals surface area contributed by atoms with E-state index in [9.17, 15) is 8.42 Å². The summed E-state index contributed by atoms with van der Waals surface area (Å²) in [5, 5.41) is 1.31. The molecule has 20 heavy (non-hydrogen) atoms. The average molecular weight is 286 g/mol. The Morgan fingerprint density at radius 3 is 2.55 bits per heavy atom. The normalized spacial score (nSPS) is 15.6. The van der Waals surface area contributed by atoms with Crippen LogP contribution in [-0.4, -0.2) is 15.0 Å². The lowest BCUT2D eigenvalue weighted by Gasteiger charge is -2.08. The van der Waals surface area contributed by atoms with E-state index in [-0.39, 0.29) is 6.61 Å². The molecular formula is C16H14O3S. The van der Waals surface area contributed by atoms with E-state index in [0.29, 0.717) is 10.5 Å². The van der Waals surface area contributed by atoms with E-state index >= 15 is 0 Å². The van der Waals surface area contributed by atoms with Gasteiger partial charge in [0.1, 0.15) is 12.4 Å². The minimum absolute atomic E-state index is 0.249. The highest BCUT2D eigenvalue weighted by Gasteiger charge is 2.27. The number of aryl methyl sites for hydroxylation is 1.